The fourth-order valence-corrected chi connectivity index (χ4v) is 2.86. The first-order valence-corrected chi connectivity index (χ1v) is 8.35. The maximum absolute atomic E-state index is 12.8. The predicted octanol–water partition coefficient (Wildman–Crippen LogP) is 1.58. The van der Waals surface area contributed by atoms with Gasteiger partial charge < -0.3 is 9.64 Å². The maximum Gasteiger partial charge on any atom is 0.255 e. The smallest absolute Gasteiger partial charge is 0.255 e. The third kappa shape index (κ3) is 3.31. The number of pyridine rings is 1. The van der Waals surface area contributed by atoms with Crippen LogP contribution < -0.4 is 0 Å². The molecule has 8 nitrogen and oxygen atoms in total. The van der Waals surface area contributed by atoms with Crippen molar-refractivity contribution < 1.29 is 9.53 Å². The van der Waals surface area contributed by atoms with Crippen molar-refractivity contribution in [2.45, 2.75) is 13.0 Å². The van der Waals surface area contributed by atoms with Gasteiger partial charge in [0.15, 0.2) is 5.82 Å². The number of carbonyl (C=O) groups is 1. The van der Waals surface area contributed by atoms with E-state index in [0.717, 1.165) is 5.69 Å². The summed E-state index contributed by atoms with van der Waals surface area (Å²) in [4.78, 5) is 31.6. The second-order valence-electron chi connectivity index (χ2n) is 6.04. The summed E-state index contributed by atoms with van der Waals surface area (Å²) in [5, 5.41) is 0. The minimum atomic E-state index is -0.314. The second kappa shape index (κ2) is 7.01. The van der Waals surface area contributed by atoms with Gasteiger partial charge in [-0.15, -0.1) is 0 Å². The van der Waals surface area contributed by atoms with Crippen molar-refractivity contribution in [1.82, 2.24) is 29.4 Å². The molecule has 1 fully saturated rings. The molecule has 1 aliphatic rings. The Labute approximate surface area is 150 Å². The molecule has 8 heteroatoms. The van der Waals surface area contributed by atoms with Gasteiger partial charge in [0.05, 0.1) is 18.7 Å². The monoisotopic (exact) mass is 350 g/mol. The molecule has 0 N–H and O–H groups in total. The Morgan fingerprint density at radius 3 is 2.88 bits per heavy atom. The second-order valence-corrected chi connectivity index (χ2v) is 6.04. The fraction of sp³-hybridized carbons (Fsp3) is 0.278. The molecule has 0 saturated carbocycles. The molecule has 26 heavy (non-hydrogen) atoms. The Morgan fingerprint density at radius 1 is 1.23 bits per heavy atom. The number of rotatable bonds is 3. The lowest BCUT2D eigenvalue weighted by Gasteiger charge is -2.32. The predicted molar refractivity (Wildman–Crippen MR) is 92.7 cm³/mol. The average Bonchev–Trinajstić information content (AvgIpc) is 3.22. The Balaban J connectivity index is 1.49. The van der Waals surface area contributed by atoms with Crippen LogP contribution in [0.5, 0.6) is 0 Å². The highest BCUT2D eigenvalue weighted by molar-refractivity contribution is 5.94. The van der Waals surface area contributed by atoms with Gasteiger partial charge >= 0.3 is 0 Å². The summed E-state index contributed by atoms with van der Waals surface area (Å²) < 4.78 is 7.54. The van der Waals surface area contributed by atoms with Crippen LogP contribution >= 0.6 is 0 Å². The molecular formula is C18H18N6O2. The third-order valence-electron chi connectivity index (χ3n) is 4.22. The third-order valence-corrected chi connectivity index (χ3v) is 4.22. The summed E-state index contributed by atoms with van der Waals surface area (Å²) in [6.07, 6.45) is 8.13. The number of carbonyl (C=O) groups excluding carboxylic acids is 1. The van der Waals surface area contributed by atoms with Crippen molar-refractivity contribution in [3.05, 3.63) is 66.4 Å². The van der Waals surface area contributed by atoms with E-state index in [4.69, 9.17) is 4.74 Å². The van der Waals surface area contributed by atoms with Gasteiger partial charge in [0.25, 0.3) is 5.91 Å². The highest BCUT2D eigenvalue weighted by Gasteiger charge is 2.28. The SMILES string of the molecule is Cc1ccnc([C@H]2CN(C(=O)c3ccc(-n4ccnc4)nc3)CCO2)n1. The van der Waals surface area contributed by atoms with Crippen LogP contribution in [0.4, 0.5) is 0 Å². The molecule has 0 aromatic carbocycles. The Morgan fingerprint density at radius 2 is 2.15 bits per heavy atom. The molecule has 1 amide bonds. The number of aromatic nitrogens is 5. The van der Waals surface area contributed by atoms with Gasteiger partial charge in [-0.1, -0.05) is 0 Å². The lowest BCUT2D eigenvalue weighted by Crippen LogP contribution is -2.42. The number of nitrogens with zero attached hydrogens (tertiary/aromatic N) is 6. The fourth-order valence-electron chi connectivity index (χ4n) is 2.86. The van der Waals surface area contributed by atoms with E-state index in [2.05, 4.69) is 19.9 Å². The zero-order valence-electron chi connectivity index (χ0n) is 14.3. The summed E-state index contributed by atoms with van der Waals surface area (Å²) >= 11 is 0. The number of aryl methyl sites for hydroxylation is 1. The molecule has 0 bridgehead atoms. The van der Waals surface area contributed by atoms with Crippen LogP contribution in [0.2, 0.25) is 0 Å². The molecule has 1 atom stereocenters. The van der Waals surface area contributed by atoms with Gasteiger partial charge in [-0.25, -0.2) is 19.9 Å². The van der Waals surface area contributed by atoms with Gasteiger partial charge in [-0.2, -0.15) is 0 Å². The standard InChI is InChI=1S/C18H18N6O2/c1-13-4-5-20-17(22-13)15-11-23(8-9-26-15)18(25)14-2-3-16(21-10-14)24-7-6-19-12-24/h2-7,10,12,15H,8-9,11H2,1H3/t15-/m1/s1. The highest BCUT2D eigenvalue weighted by atomic mass is 16.5. The van der Waals surface area contributed by atoms with Crippen LogP contribution in [0.25, 0.3) is 5.82 Å². The summed E-state index contributed by atoms with van der Waals surface area (Å²) in [6.45, 7) is 3.31. The van der Waals surface area contributed by atoms with Crippen LogP contribution in [0, 0.1) is 6.92 Å². The molecule has 0 aliphatic carbocycles. The minimum Gasteiger partial charge on any atom is -0.367 e. The Hall–Kier alpha value is -3.13. The van der Waals surface area contributed by atoms with E-state index in [1.54, 1.807) is 52.7 Å². The topological polar surface area (TPSA) is 86.0 Å². The van der Waals surface area contributed by atoms with Crippen molar-refractivity contribution in [2.75, 3.05) is 19.7 Å². The summed E-state index contributed by atoms with van der Waals surface area (Å²) in [5.41, 5.74) is 1.42. The molecular weight excluding hydrogens is 332 g/mol. The number of ether oxygens (including phenoxy) is 1. The molecule has 1 aliphatic heterocycles. The maximum atomic E-state index is 12.8. The van der Waals surface area contributed by atoms with Crippen molar-refractivity contribution in [3.8, 4) is 5.82 Å². The van der Waals surface area contributed by atoms with Gasteiger partial charge in [-0.3, -0.25) is 9.36 Å². The van der Waals surface area contributed by atoms with Gasteiger partial charge in [0.2, 0.25) is 0 Å². The molecule has 0 unspecified atom stereocenters. The van der Waals surface area contributed by atoms with Crippen LogP contribution in [0.3, 0.4) is 0 Å². The number of hydrogen-bond donors (Lipinski definition) is 0. The number of amides is 1. The van der Waals surface area contributed by atoms with Crippen molar-refractivity contribution in [3.63, 3.8) is 0 Å². The van der Waals surface area contributed by atoms with E-state index < -0.39 is 0 Å². The van der Waals surface area contributed by atoms with E-state index in [0.29, 0.717) is 36.9 Å². The molecule has 0 radical (unpaired) electrons. The van der Waals surface area contributed by atoms with Crippen LogP contribution in [0.1, 0.15) is 28.0 Å². The van der Waals surface area contributed by atoms with Crippen molar-refractivity contribution in [2.24, 2.45) is 0 Å². The normalized spacial score (nSPS) is 17.3. The number of hydrogen-bond acceptors (Lipinski definition) is 6. The first-order chi connectivity index (χ1) is 12.7. The summed E-state index contributed by atoms with van der Waals surface area (Å²) in [5.74, 6) is 1.25. The average molecular weight is 350 g/mol. The zero-order valence-corrected chi connectivity index (χ0v) is 14.3. The molecule has 0 spiro atoms. The molecule has 1 saturated heterocycles. The summed E-state index contributed by atoms with van der Waals surface area (Å²) in [6, 6.07) is 5.41. The van der Waals surface area contributed by atoms with Gasteiger partial charge in [0, 0.05) is 37.0 Å². The lowest BCUT2D eigenvalue weighted by atomic mass is 10.2. The summed E-state index contributed by atoms with van der Waals surface area (Å²) in [7, 11) is 0. The van der Waals surface area contributed by atoms with E-state index in [1.165, 1.54) is 0 Å². The molecule has 4 heterocycles. The number of imidazole rings is 1. The van der Waals surface area contributed by atoms with Crippen molar-refractivity contribution >= 4 is 5.91 Å². The highest BCUT2D eigenvalue weighted by Crippen LogP contribution is 2.20. The lowest BCUT2D eigenvalue weighted by molar-refractivity contribution is -0.0268. The molecule has 132 valence electrons. The molecule has 4 rings (SSSR count). The van der Waals surface area contributed by atoms with Gasteiger partial charge in [0.1, 0.15) is 18.2 Å². The van der Waals surface area contributed by atoms with Gasteiger partial charge in [-0.05, 0) is 25.1 Å². The molecule has 3 aromatic heterocycles. The largest absolute Gasteiger partial charge is 0.367 e. The first kappa shape index (κ1) is 16.3. The Kier molecular flexibility index (Phi) is 4.40. The van der Waals surface area contributed by atoms with E-state index in [1.807, 2.05) is 13.0 Å². The van der Waals surface area contributed by atoms with E-state index >= 15 is 0 Å². The van der Waals surface area contributed by atoms with Crippen LogP contribution in [-0.4, -0.2) is 55.0 Å². The van der Waals surface area contributed by atoms with E-state index in [9.17, 15) is 4.79 Å². The van der Waals surface area contributed by atoms with E-state index in [-0.39, 0.29) is 12.0 Å². The van der Waals surface area contributed by atoms with Crippen LogP contribution in [0.15, 0.2) is 49.3 Å². The molecule has 3 aromatic rings. The van der Waals surface area contributed by atoms with Crippen molar-refractivity contribution in [1.29, 1.82) is 0 Å². The Bertz CT molecular complexity index is 894. The van der Waals surface area contributed by atoms with Crippen LogP contribution in [-0.2, 0) is 4.74 Å². The first-order valence-electron chi connectivity index (χ1n) is 8.35. The number of morpholine rings is 1. The zero-order chi connectivity index (χ0) is 17.9. The quantitative estimate of drug-likeness (QED) is 0.713. The minimum absolute atomic E-state index is 0.0735.